The van der Waals surface area contributed by atoms with Crippen molar-refractivity contribution >= 4 is 6.47 Å². The lowest BCUT2D eigenvalue weighted by molar-refractivity contribution is -0.127. The molecule has 0 atom stereocenters. The number of carbonyl (C=O) groups excluding carboxylic acids is 1. The van der Waals surface area contributed by atoms with Gasteiger partial charge in [-0.25, -0.2) is 0 Å². The van der Waals surface area contributed by atoms with Gasteiger partial charge in [0.15, 0.2) is 0 Å². The minimum absolute atomic E-state index is 0.305. The molecule has 0 saturated carbocycles. The van der Waals surface area contributed by atoms with Crippen LogP contribution in [0, 0.1) is 0 Å². The highest BCUT2D eigenvalue weighted by Gasteiger charge is 1.88. The van der Waals surface area contributed by atoms with Crippen LogP contribution in [-0.4, -0.2) is 13.1 Å². The van der Waals surface area contributed by atoms with Crippen molar-refractivity contribution in [1.29, 1.82) is 0 Å². The van der Waals surface area contributed by atoms with Crippen LogP contribution in [0.15, 0.2) is 36.5 Å². The molecule has 2 heteroatoms. The zero-order chi connectivity index (χ0) is 8.53. The van der Waals surface area contributed by atoms with Crippen LogP contribution in [0.5, 0.6) is 0 Å². The summed E-state index contributed by atoms with van der Waals surface area (Å²) >= 11 is 0. The van der Waals surface area contributed by atoms with E-state index < -0.39 is 0 Å². The van der Waals surface area contributed by atoms with Gasteiger partial charge in [-0.05, 0) is 12.5 Å². The molecule has 0 aliphatic carbocycles. The van der Waals surface area contributed by atoms with Crippen LogP contribution < -0.4 is 0 Å². The van der Waals surface area contributed by atoms with Gasteiger partial charge in [0.25, 0.3) is 6.47 Å². The Balaban J connectivity index is 3.98. The molecular formula is C9H12O2. The maximum Gasteiger partial charge on any atom is 0.293 e. The smallest absolute Gasteiger partial charge is 0.293 e. The number of allylic oxidation sites excluding steroid dienone is 3. The van der Waals surface area contributed by atoms with E-state index in [1.165, 1.54) is 0 Å². The van der Waals surface area contributed by atoms with Crippen LogP contribution in [0.2, 0.25) is 0 Å². The van der Waals surface area contributed by atoms with Crippen molar-refractivity contribution in [3.63, 3.8) is 0 Å². The number of rotatable bonds is 5. The van der Waals surface area contributed by atoms with E-state index >= 15 is 0 Å². The minimum atomic E-state index is 0.305. The van der Waals surface area contributed by atoms with Gasteiger partial charge in [-0.2, -0.15) is 0 Å². The predicted octanol–water partition coefficient (Wildman–Crippen LogP) is 1.85. The Morgan fingerprint density at radius 3 is 2.82 bits per heavy atom. The van der Waals surface area contributed by atoms with Crippen molar-refractivity contribution in [3.05, 3.63) is 36.5 Å². The van der Waals surface area contributed by atoms with E-state index in [1.54, 1.807) is 12.2 Å². The number of ether oxygens (including phenoxy) is 1. The monoisotopic (exact) mass is 152 g/mol. The van der Waals surface area contributed by atoms with Gasteiger partial charge in [0.05, 0.1) is 0 Å². The van der Waals surface area contributed by atoms with Crippen LogP contribution >= 0.6 is 0 Å². The molecule has 0 rings (SSSR count). The first-order valence-corrected chi connectivity index (χ1v) is 3.34. The lowest BCUT2D eigenvalue weighted by Gasteiger charge is -1.97. The third-order valence-electron chi connectivity index (χ3n) is 1.03. The Hall–Kier alpha value is -1.31. The molecule has 0 heterocycles. The fraction of sp³-hybridized carbons (Fsp3) is 0.222. The molecule has 0 aromatic carbocycles. The molecule has 0 aliphatic heterocycles. The Bertz CT molecular complexity index is 178. The maximum absolute atomic E-state index is 9.82. The van der Waals surface area contributed by atoms with E-state index in [4.69, 9.17) is 0 Å². The van der Waals surface area contributed by atoms with E-state index in [0.29, 0.717) is 13.1 Å². The quantitative estimate of drug-likeness (QED) is 0.444. The molecule has 0 N–H and O–H groups in total. The fourth-order valence-electron chi connectivity index (χ4n) is 0.647. The molecule has 0 amide bonds. The molecule has 2 nitrogen and oxygen atoms in total. The third-order valence-corrected chi connectivity index (χ3v) is 1.03. The van der Waals surface area contributed by atoms with Crippen molar-refractivity contribution in [2.45, 2.75) is 6.92 Å². The lowest BCUT2D eigenvalue weighted by atomic mass is 10.2. The largest absolute Gasteiger partial charge is 0.463 e. The second-order valence-electron chi connectivity index (χ2n) is 1.88. The average molecular weight is 152 g/mol. The van der Waals surface area contributed by atoms with Gasteiger partial charge in [-0.15, -0.1) is 0 Å². The van der Waals surface area contributed by atoms with E-state index in [9.17, 15) is 4.79 Å². The zero-order valence-electron chi connectivity index (χ0n) is 6.62. The maximum atomic E-state index is 9.82. The highest BCUT2D eigenvalue weighted by molar-refractivity contribution is 5.38. The molecule has 0 aliphatic rings. The zero-order valence-corrected chi connectivity index (χ0v) is 6.62. The fourth-order valence-corrected chi connectivity index (χ4v) is 0.647. The first-order chi connectivity index (χ1) is 5.35. The summed E-state index contributed by atoms with van der Waals surface area (Å²) in [6.07, 6.45) is 7.20. The van der Waals surface area contributed by atoms with E-state index in [1.807, 2.05) is 19.1 Å². The topological polar surface area (TPSA) is 26.3 Å². The average Bonchev–Trinajstić information content (AvgIpc) is 2.01. The second kappa shape index (κ2) is 6.81. The van der Waals surface area contributed by atoms with Crippen LogP contribution in [0.1, 0.15) is 6.92 Å². The van der Waals surface area contributed by atoms with Crippen LogP contribution in [0.25, 0.3) is 0 Å². The minimum Gasteiger partial charge on any atom is -0.463 e. The van der Waals surface area contributed by atoms with E-state index in [0.717, 1.165) is 5.57 Å². The van der Waals surface area contributed by atoms with Crippen molar-refractivity contribution in [3.8, 4) is 0 Å². The highest BCUT2D eigenvalue weighted by Crippen LogP contribution is 1.97. The van der Waals surface area contributed by atoms with Gasteiger partial charge in [-0.3, -0.25) is 4.79 Å². The van der Waals surface area contributed by atoms with E-state index in [-0.39, 0.29) is 0 Å². The van der Waals surface area contributed by atoms with E-state index in [2.05, 4.69) is 11.3 Å². The molecule has 0 unspecified atom stereocenters. The molecule has 0 fully saturated rings. The standard InChI is InChI=1S/C9H12O2/c1-3-5-9(6-4-2)7-11-8-10/h3-6,8H,1,7H2,2H3/b6-4-,9-5+. The first-order valence-electron chi connectivity index (χ1n) is 3.34. The van der Waals surface area contributed by atoms with Crippen molar-refractivity contribution in [2.75, 3.05) is 6.61 Å². The normalized spacial score (nSPS) is 11.5. The summed E-state index contributed by atoms with van der Waals surface area (Å²) in [7, 11) is 0. The predicted molar refractivity (Wildman–Crippen MR) is 45.1 cm³/mol. The van der Waals surface area contributed by atoms with Gasteiger partial charge in [0, 0.05) is 0 Å². The molecule has 0 saturated heterocycles. The second-order valence-corrected chi connectivity index (χ2v) is 1.88. The van der Waals surface area contributed by atoms with Gasteiger partial charge in [0.2, 0.25) is 0 Å². The third kappa shape index (κ3) is 5.15. The number of hydrogen-bond acceptors (Lipinski definition) is 2. The Kier molecular flexibility index (Phi) is 5.99. The SMILES string of the molecule is C=C/C=C(\C=C/C)COC=O. The Morgan fingerprint density at radius 2 is 2.36 bits per heavy atom. The van der Waals surface area contributed by atoms with Gasteiger partial charge < -0.3 is 4.74 Å². The highest BCUT2D eigenvalue weighted by atomic mass is 16.5. The summed E-state index contributed by atoms with van der Waals surface area (Å²) in [6.45, 7) is 6.17. The summed E-state index contributed by atoms with van der Waals surface area (Å²) < 4.78 is 4.55. The molecule has 0 aromatic rings. The van der Waals surface area contributed by atoms with Crippen LogP contribution in [-0.2, 0) is 9.53 Å². The molecule has 60 valence electrons. The molecule has 0 spiro atoms. The summed E-state index contributed by atoms with van der Waals surface area (Å²) in [5.41, 5.74) is 0.926. The summed E-state index contributed by atoms with van der Waals surface area (Å²) in [4.78, 5) is 9.82. The van der Waals surface area contributed by atoms with Crippen molar-refractivity contribution in [1.82, 2.24) is 0 Å². The molecule has 0 aromatic heterocycles. The van der Waals surface area contributed by atoms with Crippen molar-refractivity contribution < 1.29 is 9.53 Å². The van der Waals surface area contributed by atoms with Crippen molar-refractivity contribution in [2.24, 2.45) is 0 Å². The van der Waals surface area contributed by atoms with Gasteiger partial charge in [-0.1, -0.05) is 30.9 Å². The Morgan fingerprint density at radius 1 is 1.64 bits per heavy atom. The van der Waals surface area contributed by atoms with Crippen LogP contribution in [0.3, 0.4) is 0 Å². The Labute approximate surface area is 66.9 Å². The first kappa shape index (κ1) is 9.69. The molecule has 0 bridgehead atoms. The number of hydrogen-bond donors (Lipinski definition) is 0. The molecule has 0 radical (unpaired) electrons. The van der Waals surface area contributed by atoms with Crippen LogP contribution in [0.4, 0.5) is 0 Å². The number of carbonyl (C=O) groups is 1. The lowest BCUT2D eigenvalue weighted by Crippen LogP contribution is -1.93. The summed E-state index contributed by atoms with van der Waals surface area (Å²) in [6, 6.07) is 0. The summed E-state index contributed by atoms with van der Waals surface area (Å²) in [5.74, 6) is 0. The van der Waals surface area contributed by atoms with Gasteiger partial charge in [0.1, 0.15) is 6.61 Å². The van der Waals surface area contributed by atoms with Gasteiger partial charge >= 0.3 is 0 Å². The summed E-state index contributed by atoms with van der Waals surface area (Å²) in [5, 5.41) is 0. The molecular weight excluding hydrogens is 140 g/mol. The molecule has 11 heavy (non-hydrogen) atoms.